The van der Waals surface area contributed by atoms with E-state index in [9.17, 15) is 9.18 Å². The molecule has 1 aromatic heterocycles. The second-order valence-electron chi connectivity index (χ2n) is 4.50. The number of carbonyl (C=O) groups is 1. The van der Waals surface area contributed by atoms with Crippen LogP contribution < -0.4 is 5.32 Å². The fraction of sp³-hybridized carbons (Fsp3) is 0.176. The van der Waals surface area contributed by atoms with Crippen molar-refractivity contribution in [3.05, 3.63) is 65.2 Å². The summed E-state index contributed by atoms with van der Waals surface area (Å²) >= 11 is 0. The van der Waals surface area contributed by atoms with Crippen LogP contribution in [0.15, 0.2) is 42.5 Å². The molecule has 0 bridgehead atoms. The molecule has 0 aliphatic carbocycles. The van der Waals surface area contributed by atoms with Crippen molar-refractivity contribution in [3.8, 4) is 11.8 Å². The Morgan fingerprint density at radius 2 is 2.05 bits per heavy atom. The number of nitrogens with one attached hydrogen (secondary N) is 1. The average molecular weight is 298 g/mol. The third kappa shape index (κ3) is 4.91. The van der Waals surface area contributed by atoms with Crippen molar-refractivity contribution in [1.29, 1.82) is 0 Å². The lowest BCUT2D eigenvalue weighted by molar-refractivity contribution is 0.141. The lowest BCUT2D eigenvalue weighted by atomic mass is 10.2. The maximum absolute atomic E-state index is 13.4. The number of hydrogen-bond acceptors (Lipinski definition) is 3. The minimum absolute atomic E-state index is 0.0582. The quantitative estimate of drug-likeness (QED) is 0.887. The van der Waals surface area contributed by atoms with Gasteiger partial charge in [-0.3, -0.25) is 0 Å². The zero-order chi connectivity index (χ0) is 15.8. The van der Waals surface area contributed by atoms with Gasteiger partial charge in [0, 0.05) is 5.69 Å². The summed E-state index contributed by atoms with van der Waals surface area (Å²) in [7, 11) is 0. The first kappa shape index (κ1) is 15.5. The molecule has 1 heterocycles. The lowest BCUT2D eigenvalue weighted by Crippen LogP contribution is -2.24. The third-order valence-electron chi connectivity index (χ3n) is 2.73. The number of ether oxygens (including phenoxy) is 1. The van der Waals surface area contributed by atoms with Crippen molar-refractivity contribution >= 4 is 6.09 Å². The molecule has 4 nitrogen and oxygen atoms in total. The predicted octanol–water partition coefficient (Wildman–Crippen LogP) is 2.81. The Hall–Kier alpha value is -2.87. The number of aryl methyl sites for hydroxylation is 1. The zero-order valence-corrected chi connectivity index (χ0v) is 12.1. The first-order chi connectivity index (χ1) is 10.6. The molecule has 0 spiro atoms. The molecular weight excluding hydrogens is 283 g/mol. The molecule has 2 rings (SSSR count). The number of nitrogens with zero attached hydrogens (tertiary/aromatic N) is 1. The van der Waals surface area contributed by atoms with Crippen LogP contribution in [0.2, 0.25) is 0 Å². The van der Waals surface area contributed by atoms with Gasteiger partial charge in [-0.2, -0.15) is 0 Å². The Morgan fingerprint density at radius 3 is 2.82 bits per heavy atom. The van der Waals surface area contributed by atoms with Crippen LogP contribution in [0.5, 0.6) is 0 Å². The summed E-state index contributed by atoms with van der Waals surface area (Å²) in [5, 5.41) is 2.47. The average Bonchev–Trinajstić information content (AvgIpc) is 2.53. The highest BCUT2D eigenvalue weighted by Crippen LogP contribution is 2.03. The molecule has 22 heavy (non-hydrogen) atoms. The highest BCUT2D eigenvalue weighted by atomic mass is 19.1. The SMILES string of the molecule is Cc1ccc(F)c(C#CCNC(=O)OCc2ccccc2)n1. The maximum atomic E-state index is 13.4. The van der Waals surface area contributed by atoms with Crippen molar-refractivity contribution in [2.45, 2.75) is 13.5 Å². The minimum Gasteiger partial charge on any atom is -0.445 e. The van der Waals surface area contributed by atoms with Gasteiger partial charge in [-0.25, -0.2) is 14.2 Å². The van der Waals surface area contributed by atoms with Crippen LogP contribution >= 0.6 is 0 Å². The fourth-order valence-corrected chi connectivity index (χ4v) is 1.65. The van der Waals surface area contributed by atoms with Crippen molar-refractivity contribution in [1.82, 2.24) is 10.3 Å². The van der Waals surface area contributed by atoms with E-state index >= 15 is 0 Å². The Balaban J connectivity index is 1.78. The van der Waals surface area contributed by atoms with Crippen molar-refractivity contribution in [3.63, 3.8) is 0 Å². The van der Waals surface area contributed by atoms with Crippen LogP contribution in [0, 0.1) is 24.6 Å². The highest BCUT2D eigenvalue weighted by molar-refractivity contribution is 5.67. The molecule has 1 N–H and O–H groups in total. The summed E-state index contributed by atoms with van der Waals surface area (Å²) in [6.45, 7) is 2.00. The molecule has 0 unspecified atom stereocenters. The monoisotopic (exact) mass is 298 g/mol. The zero-order valence-electron chi connectivity index (χ0n) is 12.1. The summed E-state index contributed by atoms with van der Waals surface area (Å²) in [6.07, 6.45) is -0.573. The number of alkyl carbamates (subject to hydrolysis) is 1. The molecule has 5 heteroatoms. The second kappa shape index (κ2) is 7.79. The Bertz CT molecular complexity index is 706. The van der Waals surface area contributed by atoms with E-state index in [1.165, 1.54) is 6.07 Å². The first-order valence-electron chi connectivity index (χ1n) is 6.72. The third-order valence-corrected chi connectivity index (χ3v) is 2.73. The van der Waals surface area contributed by atoms with Gasteiger partial charge in [0.2, 0.25) is 0 Å². The molecule has 1 amide bonds. The van der Waals surface area contributed by atoms with E-state index < -0.39 is 11.9 Å². The number of halogens is 1. The molecule has 2 aromatic rings. The smallest absolute Gasteiger partial charge is 0.408 e. The van der Waals surface area contributed by atoms with Gasteiger partial charge in [-0.15, -0.1) is 0 Å². The van der Waals surface area contributed by atoms with E-state index in [4.69, 9.17) is 4.74 Å². The number of amides is 1. The van der Waals surface area contributed by atoms with Crippen LogP contribution in [0.1, 0.15) is 17.0 Å². The first-order valence-corrected chi connectivity index (χ1v) is 6.72. The van der Waals surface area contributed by atoms with Crippen LogP contribution in [0.25, 0.3) is 0 Å². The van der Waals surface area contributed by atoms with Crippen LogP contribution in [0.3, 0.4) is 0 Å². The standard InChI is InChI=1S/C17H15FN2O2/c1-13-9-10-15(18)16(20-13)8-5-11-19-17(21)22-12-14-6-3-2-4-7-14/h2-4,6-7,9-10H,11-12H2,1H3,(H,19,21). The summed E-state index contributed by atoms with van der Waals surface area (Å²) in [6, 6.07) is 12.2. The van der Waals surface area contributed by atoms with E-state index in [0.717, 1.165) is 5.56 Å². The number of benzene rings is 1. The molecule has 0 saturated carbocycles. The van der Waals surface area contributed by atoms with Gasteiger partial charge in [0.25, 0.3) is 0 Å². The van der Waals surface area contributed by atoms with Gasteiger partial charge in [0.1, 0.15) is 12.3 Å². The minimum atomic E-state index is -0.573. The van der Waals surface area contributed by atoms with Gasteiger partial charge in [0.15, 0.2) is 5.82 Å². The maximum Gasteiger partial charge on any atom is 0.408 e. The van der Waals surface area contributed by atoms with Gasteiger partial charge in [0.05, 0.1) is 6.54 Å². The van der Waals surface area contributed by atoms with E-state index in [1.807, 2.05) is 30.3 Å². The number of aromatic nitrogens is 1. The summed E-state index contributed by atoms with van der Waals surface area (Å²) in [5.41, 5.74) is 1.65. The van der Waals surface area contributed by atoms with Gasteiger partial charge in [-0.05, 0) is 30.5 Å². The number of pyridine rings is 1. The Kier molecular flexibility index (Phi) is 5.50. The molecule has 1 aromatic carbocycles. The van der Waals surface area contributed by atoms with Crippen molar-refractivity contribution in [2.75, 3.05) is 6.54 Å². The molecular formula is C17H15FN2O2. The largest absolute Gasteiger partial charge is 0.445 e. The van der Waals surface area contributed by atoms with E-state index in [0.29, 0.717) is 5.69 Å². The lowest BCUT2D eigenvalue weighted by Gasteiger charge is -2.04. The second-order valence-corrected chi connectivity index (χ2v) is 4.50. The fourth-order valence-electron chi connectivity index (χ4n) is 1.65. The molecule has 0 aliphatic rings. The topological polar surface area (TPSA) is 51.2 Å². The summed E-state index contributed by atoms with van der Waals surface area (Å²) in [4.78, 5) is 15.4. The van der Waals surface area contributed by atoms with Gasteiger partial charge >= 0.3 is 6.09 Å². The molecule has 0 aliphatic heterocycles. The van der Waals surface area contributed by atoms with Crippen LogP contribution in [-0.4, -0.2) is 17.6 Å². The van der Waals surface area contributed by atoms with Gasteiger partial charge < -0.3 is 10.1 Å². The van der Waals surface area contributed by atoms with E-state index in [-0.39, 0.29) is 18.8 Å². The molecule has 0 atom stereocenters. The molecule has 0 radical (unpaired) electrons. The summed E-state index contributed by atoms with van der Waals surface area (Å²) < 4.78 is 18.4. The Labute approximate surface area is 128 Å². The number of hydrogen-bond donors (Lipinski definition) is 1. The highest BCUT2D eigenvalue weighted by Gasteiger charge is 2.01. The molecule has 0 fully saturated rings. The van der Waals surface area contributed by atoms with Crippen molar-refractivity contribution in [2.24, 2.45) is 0 Å². The van der Waals surface area contributed by atoms with E-state index in [1.54, 1.807) is 13.0 Å². The van der Waals surface area contributed by atoms with Gasteiger partial charge in [-0.1, -0.05) is 36.3 Å². The van der Waals surface area contributed by atoms with Crippen LogP contribution in [0.4, 0.5) is 9.18 Å². The normalized spacial score (nSPS) is 9.55. The van der Waals surface area contributed by atoms with Crippen LogP contribution in [-0.2, 0) is 11.3 Å². The predicted molar refractivity (Wildman–Crippen MR) is 80.4 cm³/mol. The van der Waals surface area contributed by atoms with Crippen molar-refractivity contribution < 1.29 is 13.9 Å². The number of rotatable bonds is 3. The molecule has 0 saturated heterocycles. The Morgan fingerprint density at radius 1 is 1.27 bits per heavy atom. The molecule has 112 valence electrons. The van der Waals surface area contributed by atoms with E-state index in [2.05, 4.69) is 22.1 Å². The number of carbonyl (C=O) groups excluding carboxylic acids is 1. The summed E-state index contributed by atoms with van der Waals surface area (Å²) in [5.74, 6) is 4.73.